The minimum atomic E-state index is -0.831. The third-order valence-corrected chi connectivity index (χ3v) is 5.31. The van der Waals surface area contributed by atoms with E-state index < -0.39 is 5.97 Å². The summed E-state index contributed by atoms with van der Waals surface area (Å²) < 4.78 is 0. The Hall–Kier alpha value is -1.86. The van der Waals surface area contributed by atoms with Crippen LogP contribution >= 0.6 is 23.1 Å². The molecule has 0 atom stereocenters. The molecule has 1 amide bonds. The van der Waals surface area contributed by atoms with E-state index in [2.05, 4.69) is 31.1 Å². The molecule has 0 fully saturated rings. The molecule has 2 N–H and O–H groups in total. The van der Waals surface area contributed by atoms with Crippen molar-refractivity contribution in [3.63, 3.8) is 0 Å². The highest BCUT2D eigenvalue weighted by molar-refractivity contribution is 7.99. The fourth-order valence-corrected chi connectivity index (χ4v) is 3.49. The predicted molar refractivity (Wildman–Crippen MR) is 99.0 cm³/mol. The molecule has 2 aromatic rings. The van der Waals surface area contributed by atoms with Gasteiger partial charge in [0.05, 0.1) is 10.8 Å². The summed E-state index contributed by atoms with van der Waals surface area (Å²) in [6.07, 6.45) is 0. The van der Waals surface area contributed by atoms with Crippen LogP contribution in [-0.4, -0.2) is 27.7 Å². The second-order valence-corrected chi connectivity index (χ2v) is 8.17. The van der Waals surface area contributed by atoms with Crippen LogP contribution in [-0.2, 0) is 16.0 Å². The molecule has 0 aliphatic rings. The second-order valence-electron chi connectivity index (χ2n) is 6.33. The van der Waals surface area contributed by atoms with Crippen LogP contribution in [0.4, 0.5) is 5.69 Å². The first-order chi connectivity index (χ1) is 11.3. The van der Waals surface area contributed by atoms with Crippen LogP contribution in [0.5, 0.6) is 0 Å². The number of carbonyl (C=O) groups is 2. The number of carbonyl (C=O) groups excluding carboxylic acids is 1. The van der Waals surface area contributed by atoms with Crippen LogP contribution in [0.3, 0.4) is 0 Å². The zero-order valence-corrected chi connectivity index (χ0v) is 15.5. The van der Waals surface area contributed by atoms with E-state index in [1.807, 2.05) is 18.2 Å². The Bertz CT molecular complexity index is 735. The van der Waals surface area contributed by atoms with Gasteiger partial charge in [-0.3, -0.25) is 9.59 Å². The van der Waals surface area contributed by atoms with Crippen molar-refractivity contribution in [2.45, 2.75) is 31.9 Å². The molecule has 0 aliphatic heterocycles. The molecule has 0 saturated carbocycles. The van der Waals surface area contributed by atoms with Crippen molar-refractivity contribution in [2.75, 3.05) is 11.1 Å². The highest BCUT2D eigenvalue weighted by Crippen LogP contribution is 2.26. The molecule has 5 nitrogen and oxygen atoms in total. The normalized spacial score (nSPS) is 11.3. The topological polar surface area (TPSA) is 79.3 Å². The molecule has 0 radical (unpaired) electrons. The number of nitrogens with one attached hydrogen (secondary N) is 1. The maximum Gasteiger partial charge on any atom is 0.313 e. The van der Waals surface area contributed by atoms with Gasteiger partial charge in [0.1, 0.15) is 5.69 Å². The molecule has 0 unspecified atom stereocenters. The lowest BCUT2D eigenvalue weighted by molar-refractivity contribution is -0.133. The van der Waals surface area contributed by atoms with Crippen molar-refractivity contribution >= 4 is 40.7 Å². The Balaban J connectivity index is 2.01. The highest BCUT2D eigenvalue weighted by Gasteiger charge is 2.20. The van der Waals surface area contributed by atoms with E-state index >= 15 is 0 Å². The molecule has 2 rings (SSSR count). The molecule has 128 valence electrons. The van der Waals surface area contributed by atoms with E-state index in [-0.39, 0.29) is 17.1 Å². The van der Waals surface area contributed by atoms with Gasteiger partial charge in [0.25, 0.3) is 5.91 Å². The Labute approximate surface area is 149 Å². The first-order valence-corrected chi connectivity index (χ1v) is 9.45. The third-order valence-electron chi connectivity index (χ3n) is 3.06. The summed E-state index contributed by atoms with van der Waals surface area (Å²) in [5, 5.41) is 14.2. The molecule has 0 spiro atoms. The van der Waals surface area contributed by atoms with Gasteiger partial charge in [0, 0.05) is 22.2 Å². The van der Waals surface area contributed by atoms with Crippen molar-refractivity contribution in [1.29, 1.82) is 0 Å². The largest absolute Gasteiger partial charge is 0.481 e. The highest BCUT2D eigenvalue weighted by atomic mass is 32.2. The van der Waals surface area contributed by atoms with E-state index in [9.17, 15) is 9.59 Å². The number of aromatic nitrogens is 1. The first kappa shape index (κ1) is 18.5. The van der Waals surface area contributed by atoms with Crippen LogP contribution in [0.1, 0.15) is 41.8 Å². The number of hydrogen-bond acceptors (Lipinski definition) is 5. The standard InChI is InChI=1S/C17H20N2O3S2/c1-17(2,3)16-19-13(9-24-16)15(22)18-12-6-4-5-11(7-12)8-23-10-14(20)21/h4-7,9H,8,10H2,1-3H3,(H,18,22)(H,20,21). The lowest BCUT2D eigenvalue weighted by Gasteiger charge is -2.13. The monoisotopic (exact) mass is 364 g/mol. The summed E-state index contributed by atoms with van der Waals surface area (Å²) in [6.45, 7) is 6.18. The molecule has 0 saturated heterocycles. The summed E-state index contributed by atoms with van der Waals surface area (Å²) in [6, 6.07) is 7.41. The van der Waals surface area contributed by atoms with Gasteiger partial charge in [0.2, 0.25) is 0 Å². The van der Waals surface area contributed by atoms with E-state index in [0.717, 1.165) is 10.6 Å². The number of rotatable bonds is 6. The number of nitrogens with zero attached hydrogens (tertiary/aromatic N) is 1. The summed E-state index contributed by atoms with van der Waals surface area (Å²) in [7, 11) is 0. The molecular formula is C17H20N2O3S2. The van der Waals surface area contributed by atoms with Crippen LogP contribution < -0.4 is 5.32 Å². The SMILES string of the molecule is CC(C)(C)c1nc(C(=O)Nc2cccc(CSCC(=O)O)c2)cs1. The van der Waals surface area contributed by atoms with Gasteiger partial charge in [-0.1, -0.05) is 32.9 Å². The summed E-state index contributed by atoms with van der Waals surface area (Å²) in [4.78, 5) is 27.3. The van der Waals surface area contributed by atoms with Gasteiger partial charge in [-0.2, -0.15) is 0 Å². The third kappa shape index (κ3) is 5.35. The average Bonchev–Trinajstić information content (AvgIpc) is 2.97. The molecule has 1 aromatic carbocycles. The Morgan fingerprint density at radius 3 is 2.71 bits per heavy atom. The zero-order valence-electron chi connectivity index (χ0n) is 13.8. The van der Waals surface area contributed by atoms with Crippen molar-refractivity contribution in [2.24, 2.45) is 0 Å². The van der Waals surface area contributed by atoms with Gasteiger partial charge >= 0.3 is 5.97 Å². The number of carboxylic acids is 1. The second kappa shape index (κ2) is 7.81. The van der Waals surface area contributed by atoms with Crippen LogP contribution in [0.2, 0.25) is 0 Å². The average molecular weight is 364 g/mol. The number of aliphatic carboxylic acids is 1. The molecule has 0 bridgehead atoms. The van der Waals surface area contributed by atoms with Crippen LogP contribution in [0, 0.1) is 0 Å². The van der Waals surface area contributed by atoms with Crippen LogP contribution in [0.15, 0.2) is 29.6 Å². The molecular weight excluding hydrogens is 344 g/mol. The van der Waals surface area contributed by atoms with Gasteiger partial charge in [-0.05, 0) is 17.7 Å². The van der Waals surface area contributed by atoms with Gasteiger partial charge in [-0.15, -0.1) is 23.1 Å². The van der Waals surface area contributed by atoms with Crippen molar-refractivity contribution < 1.29 is 14.7 Å². The lowest BCUT2D eigenvalue weighted by Crippen LogP contribution is -2.15. The molecule has 24 heavy (non-hydrogen) atoms. The lowest BCUT2D eigenvalue weighted by atomic mass is 9.98. The predicted octanol–water partition coefficient (Wildman–Crippen LogP) is 4.01. The smallest absolute Gasteiger partial charge is 0.313 e. The number of hydrogen-bond donors (Lipinski definition) is 2. The minimum Gasteiger partial charge on any atom is -0.481 e. The molecule has 1 aromatic heterocycles. The number of amides is 1. The van der Waals surface area contributed by atoms with E-state index in [1.54, 1.807) is 11.4 Å². The van der Waals surface area contributed by atoms with Crippen molar-refractivity contribution in [1.82, 2.24) is 4.98 Å². The fourth-order valence-electron chi connectivity index (χ4n) is 1.91. The number of thiazole rings is 1. The van der Waals surface area contributed by atoms with E-state index in [1.165, 1.54) is 23.1 Å². The van der Waals surface area contributed by atoms with Crippen molar-refractivity contribution in [3.05, 3.63) is 45.9 Å². The number of anilines is 1. The number of benzene rings is 1. The van der Waals surface area contributed by atoms with Gasteiger partial charge in [0.15, 0.2) is 0 Å². The number of carboxylic acid groups (broad SMARTS) is 1. The van der Waals surface area contributed by atoms with E-state index in [4.69, 9.17) is 5.11 Å². The minimum absolute atomic E-state index is 0.0605. The Morgan fingerprint density at radius 2 is 2.08 bits per heavy atom. The first-order valence-electron chi connectivity index (χ1n) is 7.41. The molecule has 0 aliphatic carbocycles. The molecule has 1 heterocycles. The van der Waals surface area contributed by atoms with Crippen LogP contribution in [0.25, 0.3) is 0 Å². The fraction of sp³-hybridized carbons (Fsp3) is 0.353. The van der Waals surface area contributed by atoms with Crippen molar-refractivity contribution in [3.8, 4) is 0 Å². The summed E-state index contributed by atoms with van der Waals surface area (Å²) >= 11 is 2.80. The van der Waals surface area contributed by atoms with E-state index in [0.29, 0.717) is 17.1 Å². The van der Waals surface area contributed by atoms with Gasteiger partial charge in [-0.25, -0.2) is 4.98 Å². The maximum atomic E-state index is 12.3. The summed E-state index contributed by atoms with van der Waals surface area (Å²) in [5.41, 5.74) is 1.98. The zero-order chi connectivity index (χ0) is 17.7. The molecule has 7 heteroatoms. The number of thioether (sulfide) groups is 1. The quantitative estimate of drug-likeness (QED) is 0.809. The Kier molecular flexibility index (Phi) is 6.01. The van der Waals surface area contributed by atoms with Gasteiger partial charge < -0.3 is 10.4 Å². The maximum absolute atomic E-state index is 12.3. The summed E-state index contributed by atoms with van der Waals surface area (Å²) in [5.74, 6) is -0.425. The Morgan fingerprint density at radius 1 is 1.33 bits per heavy atom.